The van der Waals surface area contributed by atoms with E-state index in [9.17, 15) is 22.4 Å². The Labute approximate surface area is 193 Å². The minimum atomic E-state index is -4.75. The summed E-state index contributed by atoms with van der Waals surface area (Å²) < 4.78 is 55.2. The van der Waals surface area contributed by atoms with Gasteiger partial charge >= 0.3 is 12.2 Å². The number of nitrogens with zero attached hydrogens (tertiary/aromatic N) is 1. The number of benzene rings is 2. The monoisotopic (exact) mass is 477 g/mol. The van der Waals surface area contributed by atoms with E-state index in [2.05, 4.69) is 15.6 Å². The van der Waals surface area contributed by atoms with Gasteiger partial charge in [-0.05, 0) is 42.2 Å². The molecule has 2 aromatic carbocycles. The van der Waals surface area contributed by atoms with E-state index in [1.165, 1.54) is 17.5 Å². The Morgan fingerprint density at radius 2 is 1.76 bits per heavy atom. The fourth-order valence-electron chi connectivity index (χ4n) is 4.29. The second kappa shape index (κ2) is 9.51. The molecule has 4 nitrogen and oxygen atoms in total. The summed E-state index contributed by atoms with van der Waals surface area (Å²) in [7, 11) is 0. The Hall–Kier alpha value is -2.94. The molecule has 0 saturated heterocycles. The molecular formula is C24H23F4N3OS. The molecule has 33 heavy (non-hydrogen) atoms. The Bertz CT molecular complexity index is 1080. The second-order valence-electron chi connectivity index (χ2n) is 8.21. The molecule has 4 rings (SSSR count). The number of hydrogen-bond donors (Lipinski definition) is 2. The number of amides is 2. The summed E-state index contributed by atoms with van der Waals surface area (Å²) in [4.78, 5) is 17.4. The van der Waals surface area contributed by atoms with Crippen molar-refractivity contribution in [1.82, 2.24) is 15.6 Å². The highest BCUT2D eigenvalue weighted by molar-refractivity contribution is 7.09. The molecule has 0 aliphatic heterocycles. The van der Waals surface area contributed by atoms with Crippen LogP contribution in [-0.4, -0.2) is 17.1 Å². The van der Waals surface area contributed by atoms with Gasteiger partial charge in [0.25, 0.3) is 0 Å². The maximum Gasteiger partial charge on any atom is 0.416 e. The average Bonchev–Trinajstić information content (AvgIpc) is 3.47. The number of hydrogen-bond acceptors (Lipinski definition) is 3. The number of halogens is 4. The normalized spacial score (nSPS) is 16.4. The summed E-state index contributed by atoms with van der Waals surface area (Å²) in [6.07, 6.45) is 0.560. The third kappa shape index (κ3) is 5.35. The topological polar surface area (TPSA) is 54.0 Å². The molecule has 1 atom stereocenters. The lowest BCUT2D eigenvalue weighted by atomic mass is 9.83. The van der Waals surface area contributed by atoms with E-state index in [-0.39, 0.29) is 18.0 Å². The summed E-state index contributed by atoms with van der Waals surface area (Å²) in [6, 6.07) is 10.9. The van der Waals surface area contributed by atoms with E-state index < -0.39 is 29.1 Å². The molecular weight excluding hydrogens is 454 g/mol. The fraction of sp³-hybridized carbons (Fsp3) is 0.333. The Kier molecular flexibility index (Phi) is 6.69. The minimum Gasteiger partial charge on any atom is -0.335 e. The molecule has 0 spiro atoms. The lowest BCUT2D eigenvalue weighted by molar-refractivity contribution is -0.137. The average molecular weight is 478 g/mol. The molecule has 1 heterocycles. The first-order valence-electron chi connectivity index (χ1n) is 10.7. The number of carbonyl (C=O) groups excluding carboxylic acids is 1. The van der Waals surface area contributed by atoms with Crippen molar-refractivity contribution >= 4 is 17.4 Å². The molecule has 1 unspecified atom stereocenters. The summed E-state index contributed by atoms with van der Waals surface area (Å²) in [5, 5.41) is 7.86. The van der Waals surface area contributed by atoms with Crippen LogP contribution in [0.4, 0.5) is 22.4 Å². The van der Waals surface area contributed by atoms with Gasteiger partial charge in [-0.15, -0.1) is 11.3 Å². The van der Waals surface area contributed by atoms with Crippen molar-refractivity contribution in [2.75, 3.05) is 0 Å². The van der Waals surface area contributed by atoms with Crippen LogP contribution in [-0.2, 0) is 18.1 Å². The molecule has 1 saturated carbocycles. The molecule has 0 radical (unpaired) electrons. The van der Waals surface area contributed by atoms with Crippen LogP contribution >= 0.6 is 11.3 Å². The van der Waals surface area contributed by atoms with Crippen molar-refractivity contribution in [2.24, 2.45) is 0 Å². The van der Waals surface area contributed by atoms with E-state index in [0.29, 0.717) is 11.1 Å². The highest BCUT2D eigenvalue weighted by Crippen LogP contribution is 2.39. The van der Waals surface area contributed by atoms with E-state index in [1.807, 2.05) is 18.2 Å². The highest BCUT2D eigenvalue weighted by Gasteiger charge is 2.42. The van der Waals surface area contributed by atoms with E-state index >= 15 is 0 Å². The number of alkyl halides is 3. The van der Waals surface area contributed by atoms with Crippen LogP contribution in [0, 0.1) is 5.82 Å². The van der Waals surface area contributed by atoms with Gasteiger partial charge in [0, 0.05) is 24.0 Å². The number of thiazole rings is 1. The predicted molar refractivity (Wildman–Crippen MR) is 118 cm³/mol. The van der Waals surface area contributed by atoms with E-state index in [4.69, 9.17) is 0 Å². The number of urea groups is 1. The van der Waals surface area contributed by atoms with Gasteiger partial charge in [-0.3, -0.25) is 0 Å². The molecule has 174 valence electrons. The third-order valence-electron chi connectivity index (χ3n) is 5.84. The SMILES string of the molecule is O=C(NC1CCCC1)NC(Cc1ccccc1)(c1cc(F)cc(C(F)(F)F)c1)c1nccs1. The van der Waals surface area contributed by atoms with E-state index in [1.54, 1.807) is 17.5 Å². The van der Waals surface area contributed by atoms with Gasteiger partial charge < -0.3 is 10.6 Å². The molecule has 2 amide bonds. The lowest BCUT2D eigenvalue weighted by Gasteiger charge is -2.35. The zero-order chi connectivity index (χ0) is 23.5. The van der Waals surface area contributed by atoms with Crippen LogP contribution in [0.3, 0.4) is 0 Å². The number of aromatic nitrogens is 1. The predicted octanol–water partition coefficient (Wildman–Crippen LogP) is 6.03. The molecule has 2 N–H and O–H groups in total. The van der Waals surface area contributed by atoms with Crippen LogP contribution in [0.5, 0.6) is 0 Å². The fourth-order valence-corrected chi connectivity index (χ4v) is 5.11. The van der Waals surface area contributed by atoms with Gasteiger partial charge in [0.15, 0.2) is 0 Å². The van der Waals surface area contributed by atoms with Gasteiger partial charge in [0.1, 0.15) is 16.4 Å². The number of carbonyl (C=O) groups is 1. The van der Waals surface area contributed by atoms with Crippen LogP contribution in [0.25, 0.3) is 0 Å². The first kappa shape index (κ1) is 23.2. The van der Waals surface area contributed by atoms with Gasteiger partial charge in [0.05, 0.1) is 5.56 Å². The van der Waals surface area contributed by atoms with Crippen molar-refractivity contribution in [2.45, 2.75) is 49.9 Å². The number of rotatable bonds is 6. The summed E-state index contributed by atoms with van der Waals surface area (Å²) in [6.45, 7) is 0. The molecule has 1 aromatic heterocycles. The van der Waals surface area contributed by atoms with Crippen molar-refractivity contribution < 1.29 is 22.4 Å². The zero-order valence-electron chi connectivity index (χ0n) is 17.7. The van der Waals surface area contributed by atoms with Crippen LogP contribution in [0.15, 0.2) is 60.1 Å². The minimum absolute atomic E-state index is 0.00559. The van der Waals surface area contributed by atoms with Crippen molar-refractivity contribution in [1.29, 1.82) is 0 Å². The van der Waals surface area contributed by atoms with Crippen molar-refractivity contribution in [3.63, 3.8) is 0 Å². The van der Waals surface area contributed by atoms with Crippen LogP contribution in [0.1, 0.15) is 47.4 Å². The van der Waals surface area contributed by atoms with Gasteiger partial charge in [-0.1, -0.05) is 43.2 Å². The quantitative estimate of drug-likeness (QED) is 0.426. The summed E-state index contributed by atoms with van der Waals surface area (Å²) in [5.41, 5.74) is -1.88. The molecule has 1 fully saturated rings. The molecule has 3 aromatic rings. The van der Waals surface area contributed by atoms with Crippen molar-refractivity contribution in [3.8, 4) is 0 Å². The molecule has 9 heteroatoms. The smallest absolute Gasteiger partial charge is 0.335 e. The summed E-state index contributed by atoms with van der Waals surface area (Å²) in [5.74, 6) is -1.04. The largest absolute Gasteiger partial charge is 0.416 e. The molecule has 1 aliphatic rings. The number of nitrogens with one attached hydrogen (secondary N) is 2. The van der Waals surface area contributed by atoms with Crippen LogP contribution in [0.2, 0.25) is 0 Å². The van der Waals surface area contributed by atoms with Crippen molar-refractivity contribution in [3.05, 3.63) is 87.6 Å². The Morgan fingerprint density at radius 1 is 1.06 bits per heavy atom. The first-order chi connectivity index (χ1) is 15.8. The second-order valence-corrected chi connectivity index (χ2v) is 9.11. The maximum absolute atomic E-state index is 14.5. The zero-order valence-corrected chi connectivity index (χ0v) is 18.5. The highest BCUT2D eigenvalue weighted by atomic mass is 32.1. The van der Waals surface area contributed by atoms with Gasteiger partial charge in [0.2, 0.25) is 0 Å². The maximum atomic E-state index is 14.5. The van der Waals surface area contributed by atoms with Gasteiger partial charge in [-0.2, -0.15) is 13.2 Å². The Morgan fingerprint density at radius 3 is 2.39 bits per heavy atom. The molecule has 1 aliphatic carbocycles. The van der Waals surface area contributed by atoms with E-state index in [0.717, 1.165) is 43.4 Å². The lowest BCUT2D eigenvalue weighted by Crippen LogP contribution is -2.53. The summed E-state index contributed by atoms with van der Waals surface area (Å²) >= 11 is 1.19. The Balaban J connectivity index is 1.84. The van der Waals surface area contributed by atoms with Gasteiger partial charge in [-0.25, -0.2) is 14.2 Å². The third-order valence-corrected chi connectivity index (χ3v) is 6.78. The first-order valence-corrected chi connectivity index (χ1v) is 11.5. The molecule has 0 bridgehead atoms. The van der Waals surface area contributed by atoms with Crippen LogP contribution < -0.4 is 10.6 Å². The standard InChI is InChI=1S/C24H23F4N3OS/c25-19-13-17(12-18(14-19)24(26,27)28)23(21-29-10-11-33-21,15-16-6-2-1-3-7-16)31-22(32)30-20-8-4-5-9-20/h1-3,6-7,10-14,20H,4-5,8-9,15H2,(H2,30,31,32).